The molecule has 1 aromatic rings. The molecular weight excluding hydrogens is 188 g/mol. The van der Waals surface area contributed by atoms with Crippen LogP contribution < -0.4 is 11.1 Å². The van der Waals surface area contributed by atoms with Gasteiger partial charge in [0.05, 0.1) is 0 Å². The van der Waals surface area contributed by atoms with Gasteiger partial charge >= 0.3 is 0 Å². The van der Waals surface area contributed by atoms with E-state index in [0.717, 1.165) is 11.3 Å². The highest BCUT2D eigenvalue weighted by Crippen LogP contribution is 2.21. The second-order valence-electron chi connectivity index (χ2n) is 4.78. The Labute approximate surface area is 90.7 Å². The molecule has 82 valence electrons. The van der Waals surface area contributed by atoms with E-state index >= 15 is 0 Å². The Balaban J connectivity index is 2.90. The Morgan fingerprint density at radius 3 is 2.47 bits per heavy atom. The minimum Gasteiger partial charge on any atom is -0.399 e. The molecule has 0 bridgehead atoms. The molecule has 0 heterocycles. The van der Waals surface area contributed by atoms with Gasteiger partial charge in [0, 0.05) is 16.8 Å². The summed E-state index contributed by atoms with van der Waals surface area (Å²) in [6, 6.07) is 5.49. The number of aryl methyl sites for hydroxylation is 1. The third kappa shape index (κ3) is 2.98. The first-order valence-corrected chi connectivity index (χ1v) is 4.98. The molecule has 0 aliphatic heterocycles. The van der Waals surface area contributed by atoms with Gasteiger partial charge in [-0.15, -0.1) is 0 Å². The van der Waals surface area contributed by atoms with Crippen molar-refractivity contribution in [3.63, 3.8) is 0 Å². The highest BCUT2D eigenvalue weighted by molar-refractivity contribution is 5.95. The molecule has 1 aromatic carbocycles. The van der Waals surface area contributed by atoms with Crippen molar-refractivity contribution >= 4 is 17.3 Å². The average molecular weight is 206 g/mol. The first kappa shape index (κ1) is 11.6. The molecule has 0 aromatic heterocycles. The number of anilines is 2. The molecular formula is C12H18N2O. The maximum atomic E-state index is 11.7. The van der Waals surface area contributed by atoms with Crippen LogP contribution in [0.1, 0.15) is 26.3 Å². The fraction of sp³-hybridized carbons (Fsp3) is 0.417. The number of amides is 1. The van der Waals surface area contributed by atoms with Crippen molar-refractivity contribution in [1.82, 2.24) is 0 Å². The van der Waals surface area contributed by atoms with Gasteiger partial charge in [-0.25, -0.2) is 0 Å². The summed E-state index contributed by atoms with van der Waals surface area (Å²) in [7, 11) is 0. The largest absolute Gasteiger partial charge is 0.399 e. The molecule has 0 fully saturated rings. The van der Waals surface area contributed by atoms with Crippen LogP contribution in [0.5, 0.6) is 0 Å². The summed E-state index contributed by atoms with van der Waals surface area (Å²) < 4.78 is 0. The molecule has 0 saturated carbocycles. The third-order valence-corrected chi connectivity index (χ3v) is 2.19. The van der Waals surface area contributed by atoms with Crippen LogP contribution in [-0.2, 0) is 4.79 Å². The standard InChI is InChI=1S/C12H18N2O/c1-8-5-6-9(13)7-10(8)14-11(15)12(2,3)4/h5-7H,13H2,1-4H3,(H,14,15). The van der Waals surface area contributed by atoms with Gasteiger partial charge < -0.3 is 11.1 Å². The van der Waals surface area contributed by atoms with Crippen molar-refractivity contribution < 1.29 is 4.79 Å². The number of carbonyl (C=O) groups excluding carboxylic acids is 1. The van der Waals surface area contributed by atoms with Crippen LogP contribution in [0.2, 0.25) is 0 Å². The van der Waals surface area contributed by atoms with Gasteiger partial charge in [-0.05, 0) is 24.6 Å². The van der Waals surface area contributed by atoms with Crippen LogP contribution in [-0.4, -0.2) is 5.91 Å². The number of nitrogens with one attached hydrogen (secondary N) is 1. The number of rotatable bonds is 1. The summed E-state index contributed by atoms with van der Waals surface area (Å²) in [4.78, 5) is 11.7. The number of hydrogen-bond donors (Lipinski definition) is 2. The molecule has 3 nitrogen and oxygen atoms in total. The lowest BCUT2D eigenvalue weighted by atomic mass is 9.95. The molecule has 3 N–H and O–H groups in total. The van der Waals surface area contributed by atoms with Crippen molar-refractivity contribution in [1.29, 1.82) is 0 Å². The van der Waals surface area contributed by atoms with Crippen LogP contribution in [0.25, 0.3) is 0 Å². The van der Waals surface area contributed by atoms with Crippen LogP contribution in [0.4, 0.5) is 11.4 Å². The zero-order chi connectivity index (χ0) is 11.6. The minimum atomic E-state index is -0.392. The van der Waals surface area contributed by atoms with Gasteiger partial charge in [0.15, 0.2) is 0 Å². The smallest absolute Gasteiger partial charge is 0.229 e. The van der Waals surface area contributed by atoms with E-state index in [4.69, 9.17) is 5.73 Å². The molecule has 3 heteroatoms. The molecule has 0 radical (unpaired) electrons. The first-order valence-electron chi connectivity index (χ1n) is 4.98. The first-order chi connectivity index (χ1) is 6.80. The summed E-state index contributed by atoms with van der Waals surface area (Å²) in [5.41, 5.74) is 7.73. The summed E-state index contributed by atoms with van der Waals surface area (Å²) in [6.07, 6.45) is 0. The van der Waals surface area contributed by atoms with Crippen molar-refractivity contribution in [2.75, 3.05) is 11.1 Å². The van der Waals surface area contributed by atoms with Gasteiger partial charge in [0.25, 0.3) is 0 Å². The highest BCUT2D eigenvalue weighted by Gasteiger charge is 2.21. The number of benzene rings is 1. The minimum absolute atomic E-state index is 0.00352. The number of nitrogens with two attached hydrogens (primary N) is 1. The maximum absolute atomic E-state index is 11.7. The topological polar surface area (TPSA) is 55.1 Å². The summed E-state index contributed by atoms with van der Waals surface area (Å²) in [5.74, 6) is -0.00352. The number of nitrogen functional groups attached to an aromatic ring is 1. The lowest BCUT2D eigenvalue weighted by Gasteiger charge is -2.18. The lowest BCUT2D eigenvalue weighted by Crippen LogP contribution is -2.27. The van der Waals surface area contributed by atoms with E-state index in [0.29, 0.717) is 5.69 Å². The highest BCUT2D eigenvalue weighted by atomic mass is 16.2. The van der Waals surface area contributed by atoms with E-state index in [2.05, 4.69) is 5.32 Å². The van der Waals surface area contributed by atoms with Gasteiger partial charge in [-0.1, -0.05) is 26.8 Å². The molecule has 0 saturated heterocycles. The van der Waals surface area contributed by atoms with E-state index in [1.54, 1.807) is 6.07 Å². The van der Waals surface area contributed by atoms with E-state index in [1.807, 2.05) is 39.8 Å². The Morgan fingerprint density at radius 2 is 1.93 bits per heavy atom. The monoisotopic (exact) mass is 206 g/mol. The zero-order valence-electron chi connectivity index (χ0n) is 9.72. The van der Waals surface area contributed by atoms with Gasteiger partial charge in [-0.2, -0.15) is 0 Å². The Morgan fingerprint density at radius 1 is 1.33 bits per heavy atom. The van der Waals surface area contributed by atoms with Crippen molar-refractivity contribution in [3.05, 3.63) is 23.8 Å². The lowest BCUT2D eigenvalue weighted by molar-refractivity contribution is -0.123. The SMILES string of the molecule is Cc1ccc(N)cc1NC(=O)C(C)(C)C. The molecule has 0 atom stereocenters. The quantitative estimate of drug-likeness (QED) is 0.694. The third-order valence-electron chi connectivity index (χ3n) is 2.19. The fourth-order valence-electron chi connectivity index (χ4n) is 1.08. The van der Waals surface area contributed by atoms with E-state index in [-0.39, 0.29) is 5.91 Å². The van der Waals surface area contributed by atoms with Crippen molar-refractivity contribution in [2.24, 2.45) is 5.41 Å². The number of hydrogen-bond acceptors (Lipinski definition) is 2. The Hall–Kier alpha value is -1.51. The van der Waals surface area contributed by atoms with Crippen LogP contribution in [0, 0.1) is 12.3 Å². The van der Waals surface area contributed by atoms with Crippen molar-refractivity contribution in [3.8, 4) is 0 Å². The zero-order valence-corrected chi connectivity index (χ0v) is 9.72. The van der Waals surface area contributed by atoms with Gasteiger partial charge in [0.1, 0.15) is 0 Å². The fourth-order valence-corrected chi connectivity index (χ4v) is 1.08. The molecule has 0 aliphatic rings. The average Bonchev–Trinajstić information content (AvgIpc) is 2.09. The molecule has 15 heavy (non-hydrogen) atoms. The second kappa shape index (κ2) is 3.93. The number of carbonyl (C=O) groups is 1. The predicted octanol–water partition coefficient (Wildman–Crippen LogP) is 2.56. The van der Waals surface area contributed by atoms with E-state index < -0.39 is 5.41 Å². The van der Waals surface area contributed by atoms with Crippen LogP contribution >= 0.6 is 0 Å². The Kier molecular flexibility index (Phi) is 3.03. The van der Waals surface area contributed by atoms with E-state index in [9.17, 15) is 4.79 Å². The summed E-state index contributed by atoms with van der Waals surface area (Å²) in [6.45, 7) is 7.58. The van der Waals surface area contributed by atoms with E-state index in [1.165, 1.54) is 0 Å². The predicted molar refractivity (Wildman–Crippen MR) is 63.7 cm³/mol. The van der Waals surface area contributed by atoms with Gasteiger partial charge in [0.2, 0.25) is 5.91 Å². The second-order valence-corrected chi connectivity index (χ2v) is 4.78. The van der Waals surface area contributed by atoms with Gasteiger partial charge in [-0.3, -0.25) is 4.79 Å². The van der Waals surface area contributed by atoms with Crippen LogP contribution in [0.15, 0.2) is 18.2 Å². The maximum Gasteiger partial charge on any atom is 0.229 e. The van der Waals surface area contributed by atoms with Crippen molar-refractivity contribution in [2.45, 2.75) is 27.7 Å². The molecule has 1 rings (SSSR count). The van der Waals surface area contributed by atoms with Crippen LogP contribution in [0.3, 0.4) is 0 Å². The Bertz CT molecular complexity index is 378. The summed E-state index contributed by atoms with van der Waals surface area (Å²) in [5, 5.41) is 2.87. The molecule has 0 unspecified atom stereocenters. The molecule has 0 aliphatic carbocycles. The summed E-state index contributed by atoms with van der Waals surface area (Å²) >= 11 is 0. The molecule has 1 amide bonds. The molecule has 0 spiro atoms. The normalized spacial score (nSPS) is 11.2.